The second kappa shape index (κ2) is 16.2. The van der Waals surface area contributed by atoms with Crippen LogP contribution in [0.3, 0.4) is 0 Å². The van der Waals surface area contributed by atoms with Gasteiger partial charge < -0.3 is 28.4 Å². The van der Waals surface area contributed by atoms with Crippen molar-refractivity contribution in [3.8, 4) is 23.0 Å². The maximum Gasteiger partial charge on any atom is 0.513 e. The van der Waals surface area contributed by atoms with Crippen LogP contribution in [0, 0.1) is 13.8 Å². The molecule has 0 saturated heterocycles. The van der Waals surface area contributed by atoms with Gasteiger partial charge in [-0.2, -0.15) is 0 Å². The molecule has 0 aliphatic rings. The van der Waals surface area contributed by atoms with Gasteiger partial charge in [0.05, 0.1) is 29.9 Å². The van der Waals surface area contributed by atoms with Crippen molar-refractivity contribution in [2.24, 2.45) is 0 Å². The zero-order valence-electron chi connectivity index (χ0n) is 25.6. The van der Waals surface area contributed by atoms with Gasteiger partial charge in [-0.1, -0.05) is 24.3 Å². The first-order chi connectivity index (χ1) is 22.6. The van der Waals surface area contributed by atoms with Crippen LogP contribution in [0.5, 0.6) is 23.0 Å². The predicted molar refractivity (Wildman–Crippen MR) is 168 cm³/mol. The van der Waals surface area contributed by atoms with E-state index in [4.69, 9.17) is 28.4 Å². The summed E-state index contributed by atoms with van der Waals surface area (Å²) in [6.45, 7) is 6.96. The van der Waals surface area contributed by atoms with Gasteiger partial charge in [0.2, 0.25) is 0 Å². The Morgan fingerprint density at radius 2 is 1.04 bits per heavy atom. The zero-order chi connectivity index (χ0) is 33.8. The van der Waals surface area contributed by atoms with Crippen LogP contribution in [0.2, 0.25) is 0 Å². The molecule has 0 aromatic heterocycles. The van der Waals surface area contributed by atoms with Gasteiger partial charge in [0.25, 0.3) is 0 Å². The summed E-state index contributed by atoms with van der Waals surface area (Å²) in [5, 5.41) is 0. The maximum absolute atomic E-state index is 12.7. The largest absolute Gasteiger partial charge is 0.513 e. The van der Waals surface area contributed by atoms with Crippen LogP contribution in [0.15, 0.2) is 104 Å². The molecule has 240 valence electrons. The summed E-state index contributed by atoms with van der Waals surface area (Å²) >= 11 is 0. The molecule has 4 aromatic carbocycles. The monoisotopic (exact) mass is 638 g/mol. The van der Waals surface area contributed by atoms with Crippen molar-refractivity contribution in [3.05, 3.63) is 131 Å². The molecule has 4 rings (SSSR count). The molecule has 0 aliphatic carbocycles. The molecule has 47 heavy (non-hydrogen) atoms. The minimum absolute atomic E-state index is 0.0229. The number of carbonyl (C=O) groups is 5. The molecular formula is C36H30O11. The molecular weight excluding hydrogens is 608 g/mol. The van der Waals surface area contributed by atoms with Crippen LogP contribution >= 0.6 is 0 Å². The van der Waals surface area contributed by atoms with Crippen LogP contribution in [0.1, 0.15) is 48.6 Å². The minimum atomic E-state index is -0.958. The van der Waals surface area contributed by atoms with Crippen LogP contribution in [0.4, 0.5) is 4.79 Å². The Morgan fingerprint density at radius 1 is 0.574 bits per heavy atom. The minimum Gasteiger partial charge on any atom is -0.462 e. The molecule has 11 nitrogen and oxygen atoms in total. The second-order valence-electron chi connectivity index (χ2n) is 9.94. The third-order valence-electron chi connectivity index (χ3n) is 6.36. The Labute approximate surface area is 270 Å². The van der Waals surface area contributed by atoms with Crippen molar-refractivity contribution in [2.45, 2.75) is 20.3 Å². The zero-order valence-corrected chi connectivity index (χ0v) is 25.6. The highest BCUT2D eigenvalue weighted by molar-refractivity contribution is 5.93. The number of hydrogen-bond donors (Lipinski definition) is 0. The average molecular weight is 639 g/mol. The predicted octanol–water partition coefficient (Wildman–Crippen LogP) is 6.60. The van der Waals surface area contributed by atoms with E-state index in [1.165, 1.54) is 54.6 Å². The molecule has 0 N–H and O–H groups in total. The van der Waals surface area contributed by atoms with Gasteiger partial charge in [0.15, 0.2) is 0 Å². The maximum atomic E-state index is 12.7. The second-order valence-corrected chi connectivity index (χ2v) is 9.94. The van der Waals surface area contributed by atoms with Gasteiger partial charge in [-0.15, -0.1) is 0 Å². The van der Waals surface area contributed by atoms with Crippen LogP contribution in [-0.4, -0.2) is 43.2 Å². The van der Waals surface area contributed by atoms with Crippen LogP contribution < -0.4 is 18.9 Å². The van der Waals surface area contributed by atoms with E-state index in [1.54, 1.807) is 31.2 Å². The summed E-state index contributed by atoms with van der Waals surface area (Å²) in [6.07, 6.45) is 0.356. The van der Waals surface area contributed by atoms with Gasteiger partial charge in [-0.3, -0.25) is 0 Å². The molecule has 0 radical (unpaired) electrons. The molecule has 0 atom stereocenters. The fourth-order valence-corrected chi connectivity index (χ4v) is 3.87. The highest BCUT2D eigenvalue weighted by Crippen LogP contribution is 2.25. The molecule has 0 unspecified atom stereocenters. The number of esters is 4. The van der Waals surface area contributed by atoms with Crippen LogP contribution in [-0.2, 0) is 14.3 Å². The Bertz CT molecular complexity index is 1760. The first kappa shape index (κ1) is 33.7. The molecule has 11 heteroatoms. The smallest absolute Gasteiger partial charge is 0.462 e. The third-order valence-corrected chi connectivity index (χ3v) is 6.36. The fraction of sp³-hybridized carbons (Fsp3) is 0.139. The topological polar surface area (TPSA) is 141 Å². The van der Waals surface area contributed by atoms with Crippen molar-refractivity contribution < 1.29 is 52.4 Å². The number of ether oxygens (including phenoxy) is 6. The average Bonchev–Trinajstić information content (AvgIpc) is 3.06. The first-order valence-electron chi connectivity index (χ1n) is 14.3. The van der Waals surface area contributed by atoms with Gasteiger partial charge in [0.1, 0.15) is 23.0 Å². The molecule has 0 fully saturated rings. The van der Waals surface area contributed by atoms with E-state index >= 15 is 0 Å². The number of rotatable bonds is 12. The first-order valence-corrected chi connectivity index (χ1v) is 14.3. The lowest BCUT2D eigenvalue weighted by Crippen LogP contribution is -2.13. The van der Waals surface area contributed by atoms with E-state index in [9.17, 15) is 24.0 Å². The van der Waals surface area contributed by atoms with Crippen molar-refractivity contribution in [1.82, 2.24) is 0 Å². The fourth-order valence-electron chi connectivity index (χ4n) is 3.87. The third kappa shape index (κ3) is 10.1. The molecule has 0 bridgehead atoms. The summed E-state index contributed by atoms with van der Waals surface area (Å²) in [7, 11) is 0. The summed E-state index contributed by atoms with van der Waals surface area (Å²) in [5.74, 6) is -1.47. The standard InChI is InChI=1S/C36H30O11/c1-4-32(37)42-20-5-21-43-36(41)46-29-16-12-26(13-17-29)33(38)44-28-14-10-27(11-15-28)34(39)45-30-18-19-31(24(3)22-30)47-35(40)25-8-6-23(2)7-9-25/h4,6-19,22H,1,5,20-21H2,2-3H3. The van der Waals surface area contributed by atoms with Gasteiger partial charge >= 0.3 is 30.0 Å². The van der Waals surface area contributed by atoms with Gasteiger partial charge in [-0.25, -0.2) is 24.0 Å². The lowest BCUT2D eigenvalue weighted by Gasteiger charge is -2.10. The molecule has 4 aromatic rings. The SMILES string of the molecule is C=CC(=O)OCCCOC(=O)Oc1ccc(C(=O)Oc2ccc(C(=O)Oc3ccc(OC(=O)c4ccc(C)cc4)c(C)c3)cc2)cc1. The van der Waals surface area contributed by atoms with Gasteiger partial charge in [0, 0.05) is 12.5 Å². The lowest BCUT2D eigenvalue weighted by molar-refractivity contribution is -0.138. The molecule has 0 spiro atoms. The van der Waals surface area contributed by atoms with Gasteiger partial charge in [-0.05, 0) is 98.3 Å². The van der Waals surface area contributed by atoms with E-state index in [2.05, 4.69) is 6.58 Å². The van der Waals surface area contributed by atoms with Crippen molar-refractivity contribution in [2.75, 3.05) is 13.2 Å². The highest BCUT2D eigenvalue weighted by Gasteiger charge is 2.15. The summed E-state index contributed by atoms with van der Waals surface area (Å²) < 4.78 is 31.0. The molecule has 0 saturated carbocycles. The Morgan fingerprint density at radius 3 is 1.60 bits per heavy atom. The van der Waals surface area contributed by atoms with Crippen LogP contribution in [0.25, 0.3) is 0 Å². The number of aryl methyl sites for hydroxylation is 2. The van der Waals surface area contributed by atoms with E-state index in [1.807, 2.05) is 19.1 Å². The Balaban J connectivity index is 1.24. The molecule has 0 aliphatic heterocycles. The van der Waals surface area contributed by atoms with Crippen molar-refractivity contribution in [1.29, 1.82) is 0 Å². The number of carbonyl (C=O) groups excluding carboxylic acids is 5. The lowest BCUT2D eigenvalue weighted by atomic mass is 10.1. The number of benzene rings is 4. The summed E-state index contributed by atoms with van der Waals surface area (Å²) in [4.78, 5) is 60.5. The van der Waals surface area contributed by atoms with E-state index < -0.39 is 30.0 Å². The summed E-state index contributed by atoms with van der Waals surface area (Å²) in [5.41, 5.74) is 2.43. The number of hydrogen-bond acceptors (Lipinski definition) is 11. The molecule has 0 heterocycles. The molecule has 0 amide bonds. The van der Waals surface area contributed by atoms with E-state index in [-0.39, 0.29) is 48.0 Å². The Kier molecular flexibility index (Phi) is 11.6. The summed E-state index contributed by atoms with van der Waals surface area (Å²) in [6, 6.07) is 23.0. The highest BCUT2D eigenvalue weighted by atomic mass is 16.7. The van der Waals surface area contributed by atoms with Crippen molar-refractivity contribution >= 4 is 30.0 Å². The van der Waals surface area contributed by atoms with E-state index in [0.29, 0.717) is 16.9 Å². The van der Waals surface area contributed by atoms with Crippen molar-refractivity contribution in [3.63, 3.8) is 0 Å². The quantitative estimate of drug-likeness (QED) is 0.0545. The van der Waals surface area contributed by atoms with E-state index in [0.717, 1.165) is 11.6 Å². The Hall–Kier alpha value is -6.23. The normalized spacial score (nSPS) is 10.3.